The van der Waals surface area contributed by atoms with Gasteiger partial charge in [0.25, 0.3) is 0 Å². The fraction of sp³-hybridized carbons (Fsp3) is 0.812. The smallest absolute Gasteiger partial charge is 0.230 e. The molecule has 128 valence electrons. The number of amides is 1. The third kappa shape index (κ3) is 4.47. The fourth-order valence-electron chi connectivity index (χ4n) is 3.38. The molecule has 1 aromatic heterocycles. The molecule has 0 spiro atoms. The molecule has 1 aliphatic heterocycles. The van der Waals surface area contributed by atoms with Crippen molar-refractivity contribution < 1.29 is 9.53 Å². The van der Waals surface area contributed by atoms with Crippen LogP contribution in [0, 0.1) is 0 Å². The zero-order valence-corrected chi connectivity index (χ0v) is 14.6. The van der Waals surface area contributed by atoms with E-state index in [9.17, 15) is 4.79 Å². The predicted octanol–water partition coefficient (Wildman–Crippen LogP) is 2.25. The Kier molecular flexibility index (Phi) is 5.94. The van der Waals surface area contributed by atoms with Crippen molar-refractivity contribution >= 4 is 17.7 Å². The molecule has 2 fully saturated rings. The lowest BCUT2D eigenvalue weighted by Crippen LogP contribution is -2.32. The van der Waals surface area contributed by atoms with Gasteiger partial charge in [-0.15, -0.1) is 10.2 Å². The van der Waals surface area contributed by atoms with Crippen LogP contribution in [-0.4, -0.2) is 45.7 Å². The number of ether oxygens (including phenoxy) is 1. The molecule has 0 aromatic carbocycles. The highest BCUT2D eigenvalue weighted by atomic mass is 32.2. The Morgan fingerprint density at radius 3 is 2.83 bits per heavy atom. The molecule has 1 atom stereocenters. The number of rotatable bonds is 6. The molecule has 1 unspecified atom stereocenters. The van der Waals surface area contributed by atoms with Crippen molar-refractivity contribution in [2.24, 2.45) is 7.05 Å². The van der Waals surface area contributed by atoms with Crippen molar-refractivity contribution in [3.8, 4) is 0 Å². The minimum Gasteiger partial charge on any atom is -0.376 e. The first-order valence-corrected chi connectivity index (χ1v) is 9.63. The molecule has 1 amide bonds. The summed E-state index contributed by atoms with van der Waals surface area (Å²) in [5.74, 6) is 2.02. The van der Waals surface area contributed by atoms with Gasteiger partial charge in [-0.05, 0) is 25.7 Å². The number of thioether (sulfide) groups is 1. The third-order valence-electron chi connectivity index (χ3n) is 4.72. The summed E-state index contributed by atoms with van der Waals surface area (Å²) in [6, 6.07) is 0. The summed E-state index contributed by atoms with van der Waals surface area (Å²) in [7, 11) is 2.01. The standard InChI is InChI=1S/C16H26N4O2S/c1-20-15(12-6-3-2-4-7-12)18-19-16(20)23-11-14(21)17-10-13-8-5-9-22-13/h12-13H,2-11H2,1H3,(H,17,21). The van der Waals surface area contributed by atoms with E-state index < -0.39 is 0 Å². The Morgan fingerprint density at radius 1 is 1.26 bits per heavy atom. The van der Waals surface area contributed by atoms with Gasteiger partial charge in [-0.25, -0.2) is 0 Å². The number of nitrogens with one attached hydrogen (secondary N) is 1. The average Bonchev–Trinajstić information content (AvgIpc) is 3.22. The number of aromatic nitrogens is 3. The van der Waals surface area contributed by atoms with Crippen LogP contribution in [0.4, 0.5) is 0 Å². The molecule has 3 rings (SSSR count). The van der Waals surface area contributed by atoms with Crippen molar-refractivity contribution in [2.45, 2.75) is 62.1 Å². The number of nitrogens with zero attached hydrogens (tertiary/aromatic N) is 3. The summed E-state index contributed by atoms with van der Waals surface area (Å²) >= 11 is 1.46. The van der Waals surface area contributed by atoms with Crippen molar-refractivity contribution in [1.29, 1.82) is 0 Å². The summed E-state index contributed by atoms with van der Waals surface area (Å²) in [6.07, 6.45) is 8.64. The van der Waals surface area contributed by atoms with Crippen LogP contribution < -0.4 is 5.32 Å². The van der Waals surface area contributed by atoms with Crippen molar-refractivity contribution in [2.75, 3.05) is 18.9 Å². The van der Waals surface area contributed by atoms with Crippen LogP contribution in [0.25, 0.3) is 0 Å². The van der Waals surface area contributed by atoms with E-state index in [1.165, 1.54) is 43.9 Å². The summed E-state index contributed by atoms with van der Waals surface area (Å²) in [6.45, 7) is 1.43. The van der Waals surface area contributed by atoms with Gasteiger partial charge in [-0.3, -0.25) is 4.79 Å². The van der Waals surface area contributed by atoms with E-state index in [-0.39, 0.29) is 12.0 Å². The maximum absolute atomic E-state index is 11.9. The first-order chi connectivity index (χ1) is 11.2. The zero-order valence-electron chi connectivity index (χ0n) is 13.8. The van der Waals surface area contributed by atoms with Crippen molar-refractivity contribution in [3.05, 3.63) is 5.82 Å². The molecule has 1 aromatic rings. The molecule has 2 aliphatic rings. The molecular formula is C16H26N4O2S. The minimum atomic E-state index is 0.0349. The first-order valence-electron chi connectivity index (χ1n) is 8.64. The highest BCUT2D eigenvalue weighted by molar-refractivity contribution is 7.99. The third-order valence-corrected chi connectivity index (χ3v) is 5.74. The molecule has 7 heteroatoms. The van der Waals surface area contributed by atoms with Gasteiger partial charge in [0.2, 0.25) is 5.91 Å². The second-order valence-corrected chi connectivity index (χ2v) is 7.41. The lowest BCUT2D eigenvalue weighted by Gasteiger charge is -2.20. The Labute approximate surface area is 141 Å². The number of hydrogen-bond acceptors (Lipinski definition) is 5. The number of carbonyl (C=O) groups is 1. The lowest BCUT2D eigenvalue weighted by molar-refractivity contribution is -0.119. The van der Waals surface area contributed by atoms with Gasteiger partial charge in [0.1, 0.15) is 5.82 Å². The van der Waals surface area contributed by atoms with E-state index in [2.05, 4.69) is 20.1 Å². The Bertz CT molecular complexity index is 522. The molecular weight excluding hydrogens is 312 g/mol. The van der Waals surface area contributed by atoms with Crippen LogP contribution in [0.15, 0.2) is 5.16 Å². The second-order valence-electron chi connectivity index (χ2n) is 6.46. The molecule has 2 heterocycles. The summed E-state index contributed by atoms with van der Waals surface area (Å²) < 4.78 is 7.57. The Hall–Kier alpha value is -1.08. The van der Waals surface area contributed by atoms with Gasteiger partial charge >= 0.3 is 0 Å². The molecule has 1 saturated carbocycles. The number of carbonyl (C=O) groups excluding carboxylic acids is 1. The van der Waals surface area contributed by atoms with Crippen LogP contribution in [-0.2, 0) is 16.6 Å². The molecule has 1 N–H and O–H groups in total. The second kappa shape index (κ2) is 8.15. The van der Waals surface area contributed by atoms with E-state index in [1.54, 1.807) is 0 Å². The zero-order chi connectivity index (χ0) is 16.1. The largest absolute Gasteiger partial charge is 0.376 e. The summed E-state index contributed by atoms with van der Waals surface area (Å²) in [4.78, 5) is 11.9. The quantitative estimate of drug-likeness (QED) is 0.806. The van der Waals surface area contributed by atoms with Crippen LogP contribution in [0.3, 0.4) is 0 Å². The SMILES string of the molecule is Cn1c(SCC(=O)NCC2CCCO2)nnc1C1CCCCC1. The van der Waals surface area contributed by atoms with E-state index in [0.717, 1.165) is 30.4 Å². The van der Waals surface area contributed by atoms with Crippen LogP contribution in [0.2, 0.25) is 0 Å². The highest BCUT2D eigenvalue weighted by Crippen LogP contribution is 2.32. The Morgan fingerprint density at radius 2 is 2.09 bits per heavy atom. The number of hydrogen-bond donors (Lipinski definition) is 1. The maximum atomic E-state index is 11.9. The molecule has 1 saturated heterocycles. The normalized spacial score (nSPS) is 22.4. The van der Waals surface area contributed by atoms with Gasteiger partial charge in [0, 0.05) is 26.1 Å². The van der Waals surface area contributed by atoms with Crippen molar-refractivity contribution in [1.82, 2.24) is 20.1 Å². The summed E-state index contributed by atoms with van der Waals surface area (Å²) in [5, 5.41) is 12.4. The van der Waals surface area contributed by atoms with Gasteiger partial charge in [-0.1, -0.05) is 31.0 Å². The van der Waals surface area contributed by atoms with Crippen LogP contribution >= 0.6 is 11.8 Å². The fourth-order valence-corrected chi connectivity index (χ4v) is 4.13. The summed E-state index contributed by atoms with van der Waals surface area (Å²) in [5.41, 5.74) is 0. The lowest BCUT2D eigenvalue weighted by atomic mass is 9.89. The minimum absolute atomic E-state index is 0.0349. The van der Waals surface area contributed by atoms with Gasteiger partial charge in [-0.2, -0.15) is 0 Å². The van der Waals surface area contributed by atoms with E-state index in [4.69, 9.17) is 4.74 Å². The van der Waals surface area contributed by atoms with Crippen LogP contribution in [0.5, 0.6) is 0 Å². The highest BCUT2D eigenvalue weighted by Gasteiger charge is 2.22. The van der Waals surface area contributed by atoms with E-state index in [0.29, 0.717) is 18.2 Å². The molecule has 6 nitrogen and oxygen atoms in total. The molecule has 0 bridgehead atoms. The molecule has 0 radical (unpaired) electrons. The Balaban J connectivity index is 1.46. The first kappa shape index (κ1) is 16.8. The van der Waals surface area contributed by atoms with Gasteiger partial charge < -0.3 is 14.6 Å². The molecule has 23 heavy (non-hydrogen) atoms. The predicted molar refractivity (Wildman–Crippen MR) is 89.5 cm³/mol. The van der Waals surface area contributed by atoms with E-state index >= 15 is 0 Å². The van der Waals surface area contributed by atoms with Gasteiger partial charge in [0.05, 0.1) is 11.9 Å². The topological polar surface area (TPSA) is 69.0 Å². The van der Waals surface area contributed by atoms with Gasteiger partial charge in [0.15, 0.2) is 5.16 Å². The van der Waals surface area contributed by atoms with Crippen LogP contribution in [0.1, 0.15) is 56.7 Å². The maximum Gasteiger partial charge on any atom is 0.230 e. The van der Waals surface area contributed by atoms with E-state index in [1.807, 2.05) is 7.05 Å². The molecule has 1 aliphatic carbocycles. The average molecular weight is 338 g/mol. The van der Waals surface area contributed by atoms with Crippen molar-refractivity contribution in [3.63, 3.8) is 0 Å². The monoisotopic (exact) mass is 338 g/mol.